The van der Waals surface area contributed by atoms with Crippen molar-refractivity contribution in [1.29, 1.82) is 0 Å². The lowest BCUT2D eigenvalue weighted by atomic mass is 10.0. The van der Waals surface area contributed by atoms with Crippen molar-refractivity contribution in [3.8, 4) is 5.75 Å². The summed E-state index contributed by atoms with van der Waals surface area (Å²) in [5.41, 5.74) is 2.14. The largest absolute Gasteiger partial charge is 0.496 e. The molecule has 1 saturated heterocycles. The third-order valence-electron chi connectivity index (χ3n) is 5.04. The van der Waals surface area contributed by atoms with E-state index in [2.05, 4.69) is 33.5 Å². The van der Waals surface area contributed by atoms with Crippen LogP contribution in [0.25, 0.3) is 0 Å². The minimum Gasteiger partial charge on any atom is -0.496 e. The average molecular weight is 544 g/mol. The fourth-order valence-electron chi connectivity index (χ4n) is 3.48. The first kappa shape index (κ1) is 24.7. The van der Waals surface area contributed by atoms with Crippen LogP contribution in [-0.4, -0.2) is 48.6 Å². The van der Waals surface area contributed by atoms with E-state index in [1.807, 2.05) is 36.5 Å². The summed E-state index contributed by atoms with van der Waals surface area (Å²) in [6, 6.07) is 12.2. The van der Waals surface area contributed by atoms with Crippen molar-refractivity contribution in [3.05, 3.63) is 58.9 Å². The van der Waals surface area contributed by atoms with E-state index in [1.165, 1.54) is 0 Å². The van der Waals surface area contributed by atoms with Crippen molar-refractivity contribution in [2.45, 2.75) is 38.9 Å². The van der Waals surface area contributed by atoms with E-state index < -0.39 is 0 Å². The van der Waals surface area contributed by atoms with E-state index in [1.54, 1.807) is 7.11 Å². The number of ether oxygens (including phenoxy) is 1. The number of piperidine rings is 1. The predicted octanol–water partition coefficient (Wildman–Crippen LogP) is 4.08. The number of aromatic nitrogens is 1. The number of nitrogens with zero attached hydrogens (tertiary/aromatic N) is 3. The van der Waals surface area contributed by atoms with Gasteiger partial charge in [-0.3, -0.25) is 9.88 Å². The van der Waals surface area contributed by atoms with E-state index in [0.717, 1.165) is 62.0 Å². The molecule has 2 heterocycles. The lowest BCUT2D eigenvalue weighted by Gasteiger charge is -2.32. The third-order valence-corrected chi connectivity index (χ3v) is 5.28. The molecule has 3 rings (SSSR count). The van der Waals surface area contributed by atoms with Crippen molar-refractivity contribution in [3.63, 3.8) is 0 Å². The summed E-state index contributed by atoms with van der Waals surface area (Å²) in [7, 11) is 1.65. The smallest absolute Gasteiger partial charge is 0.191 e. The number of likely N-dealkylation sites (tertiary alicyclic amines) is 1. The first-order chi connectivity index (χ1) is 14.2. The normalized spacial score (nSPS) is 15.4. The summed E-state index contributed by atoms with van der Waals surface area (Å²) in [6.07, 6.45) is 4.03. The maximum Gasteiger partial charge on any atom is 0.191 e. The lowest BCUT2D eigenvalue weighted by molar-refractivity contribution is 0.196. The highest BCUT2D eigenvalue weighted by atomic mass is 127. The number of guanidine groups is 1. The second kappa shape index (κ2) is 13.0. The van der Waals surface area contributed by atoms with Crippen LogP contribution in [-0.2, 0) is 13.1 Å². The Bertz CT molecular complexity index is 797. The fourth-order valence-corrected chi connectivity index (χ4v) is 3.64. The van der Waals surface area contributed by atoms with Gasteiger partial charge in [-0.2, -0.15) is 0 Å². The van der Waals surface area contributed by atoms with Crippen LogP contribution in [0.1, 0.15) is 31.0 Å². The molecule has 1 aromatic carbocycles. The number of rotatable bonds is 7. The maximum atomic E-state index is 6.05. The zero-order valence-corrected chi connectivity index (χ0v) is 20.7. The molecule has 0 aliphatic carbocycles. The molecule has 0 saturated carbocycles. The van der Waals surface area contributed by atoms with Gasteiger partial charge in [0.2, 0.25) is 0 Å². The van der Waals surface area contributed by atoms with Crippen molar-refractivity contribution in [2.24, 2.45) is 4.99 Å². The van der Waals surface area contributed by atoms with Gasteiger partial charge >= 0.3 is 0 Å². The number of benzene rings is 1. The molecule has 6 nitrogen and oxygen atoms in total. The number of pyridine rings is 1. The molecular weight excluding hydrogens is 513 g/mol. The van der Waals surface area contributed by atoms with Gasteiger partial charge in [0, 0.05) is 49.0 Å². The zero-order chi connectivity index (χ0) is 20.5. The van der Waals surface area contributed by atoms with Crippen LogP contribution < -0.4 is 15.4 Å². The maximum absolute atomic E-state index is 6.05. The Morgan fingerprint density at radius 1 is 1.27 bits per heavy atom. The van der Waals surface area contributed by atoms with E-state index in [4.69, 9.17) is 21.3 Å². The Hall–Kier alpha value is -1.58. The van der Waals surface area contributed by atoms with Gasteiger partial charge in [0.25, 0.3) is 0 Å². The third kappa shape index (κ3) is 7.59. The number of halogens is 2. The number of nitrogens with one attached hydrogen (secondary N) is 2. The first-order valence-corrected chi connectivity index (χ1v) is 10.5. The van der Waals surface area contributed by atoms with E-state index >= 15 is 0 Å². The van der Waals surface area contributed by atoms with Crippen LogP contribution >= 0.6 is 35.6 Å². The Balaban J connectivity index is 0.00000320. The highest BCUT2D eigenvalue weighted by Gasteiger charge is 2.20. The molecule has 0 radical (unpaired) electrons. The molecule has 0 bridgehead atoms. The number of hydrogen-bond acceptors (Lipinski definition) is 4. The molecule has 0 atom stereocenters. The second-order valence-electron chi connectivity index (χ2n) is 7.17. The van der Waals surface area contributed by atoms with Gasteiger partial charge < -0.3 is 15.4 Å². The Labute approximate surface area is 201 Å². The summed E-state index contributed by atoms with van der Waals surface area (Å²) in [6.45, 7) is 6.46. The molecule has 30 heavy (non-hydrogen) atoms. The van der Waals surface area contributed by atoms with Gasteiger partial charge in [-0.05, 0) is 44.0 Å². The van der Waals surface area contributed by atoms with Crippen LogP contribution in [0.2, 0.25) is 5.02 Å². The lowest BCUT2D eigenvalue weighted by Crippen LogP contribution is -2.48. The Kier molecular flexibility index (Phi) is 10.7. The van der Waals surface area contributed by atoms with Crippen molar-refractivity contribution in [1.82, 2.24) is 20.5 Å². The van der Waals surface area contributed by atoms with Crippen molar-refractivity contribution < 1.29 is 4.74 Å². The summed E-state index contributed by atoms with van der Waals surface area (Å²) in [5.74, 6) is 1.60. The SMILES string of the molecule is CCNC(=NCc1ccc(Cl)cc1OC)NC1CCN(Cc2ccccn2)CC1.I. The molecule has 1 aliphatic rings. The average Bonchev–Trinajstić information content (AvgIpc) is 2.75. The topological polar surface area (TPSA) is 61.8 Å². The summed E-state index contributed by atoms with van der Waals surface area (Å²) < 4.78 is 5.42. The molecule has 1 aliphatic heterocycles. The molecule has 0 unspecified atom stereocenters. The number of hydrogen-bond donors (Lipinski definition) is 2. The molecule has 1 aromatic heterocycles. The molecule has 2 aromatic rings. The highest BCUT2D eigenvalue weighted by molar-refractivity contribution is 14.0. The van der Waals surface area contributed by atoms with Gasteiger partial charge in [-0.25, -0.2) is 4.99 Å². The molecule has 2 N–H and O–H groups in total. The minimum absolute atomic E-state index is 0. The Morgan fingerprint density at radius 2 is 2.07 bits per heavy atom. The Morgan fingerprint density at radius 3 is 2.73 bits per heavy atom. The fraction of sp³-hybridized carbons (Fsp3) is 0.455. The van der Waals surface area contributed by atoms with E-state index in [9.17, 15) is 0 Å². The second-order valence-corrected chi connectivity index (χ2v) is 7.60. The minimum atomic E-state index is 0. The van der Waals surface area contributed by atoms with Crippen molar-refractivity contribution >= 4 is 41.5 Å². The van der Waals surface area contributed by atoms with Crippen LogP contribution in [0.4, 0.5) is 0 Å². The quantitative estimate of drug-likeness (QED) is 0.313. The van der Waals surface area contributed by atoms with Crippen LogP contribution in [0.15, 0.2) is 47.6 Å². The molecular formula is C22H31ClIN5O. The molecule has 1 fully saturated rings. The summed E-state index contributed by atoms with van der Waals surface area (Å²) >= 11 is 6.05. The predicted molar refractivity (Wildman–Crippen MR) is 134 cm³/mol. The van der Waals surface area contributed by atoms with Gasteiger partial charge in [-0.15, -0.1) is 24.0 Å². The molecule has 164 valence electrons. The first-order valence-electron chi connectivity index (χ1n) is 10.2. The van der Waals surface area contributed by atoms with Crippen LogP contribution in [0.5, 0.6) is 5.75 Å². The van der Waals surface area contributed by atoms with Crippen molar-refractivity contribution in [2.75, 3.05) is 26.7 Å². The van der Waals surface area contributed by atoms with Crippen LogP contribution in [0, 0.1) is 0 Å². The van der Waals surface area contributed by atoms with Crippen LogP contribution in [0.3, 0.4) is 0 Å². The van der Waals surface area contributed by atoms with E-state index in [0.29, 0.717) is 17.6 Å². The summed E-state index contributed by atoms with van der Waals surface area (Å²) in [5, 5.41) is 7.60. The van der Waals surface area contributed by atoms with E-state index in [-0.39, 0.29) is 24.0 Å². The van der Waals surface area contributed by atoms with Gasteiger partial charge in [0.1, 0.15) is 5.75 Å². The van der Waals surface area contributed by atoms with Gasteiger partial charge in [0.05, 0.1) is 19.3 Å². The molecule has 0 spiro atoms. The summed E-state index contributed by atoms with van der Waals surface area (Å²) in [4.78, 5) is 11.6. The monoisotopic (exact) mass is 543 g/mol. The highest BCUT2D eigenvalue weighted by Crippen LogP contribution is 2.23. The zero-order valence-electron chi connectivity index (χ0n) is 17.6. The molecule has 8 heteroatoms. The van der Waals surface area contributed by atoms with Gasteiger partial charge in [0.15, 0.2) is 5.96 Å². The molecule has 0 amide bonds. The van der Waals surface area contributed by atoms with Gasteiger partial charge in [-0.1, -0.05) is 23.7 Å². The standard InChI is InChI=1S/C22H30ClN5O.HI/c1-3-24-22(26-15-17-7-8-18(23)14-21(17)29-2)27-19-9-12-28(13-10-19)16-20-6-4-5-11-25-20;/h4-8,11,14,19H,3,9-10,12-13,15-16H2,1-2H3,(H2,24,26,27);1H. The number of aliphatic imine (C=N–C) groups is 1. The number of methoxy groups -OCH3 is 1.